The molecule has 0 aliphatic carbocycles. The molecule has 0 bridgehead atoms. The summed E-state index contributed by atoms with van der Waals surface area (Å²) in [7, 11) is -3.66. The molecule has 0 radical (unpaired) electrons. The van der Waals surface area contributed by atoms with Crippen molar-refractivity contribution in [2.75, 3.05) is 5.32 Å². The van der Waals surface area contributed by atoms with E-state index >= 15 is 0 Å². The topological polar surface area (TPSA) is 72.2 Å². The van der Waals surface area contributed by atoms with Crippen molar-refractivity contribution in [2.45, 2.75) is 18.4 Å². The number of nitrogens with two attached hydrogens (primary N) is 1. The Morgan fingerprint density at radius 3 is 2.63 bits per heavy atom. The molecular formula is C12H13BrN2O2S2. The average Bonchev–Trinajstić information content (AvgIpc) is 2.72. The van der Waals surface area contributed by atoms with Crippen molar-refractivity contribution in [3.63, 3.8) is 0 Å². The Morgan fingerprint density at radius 2 is 2.11 bits per heavy atom. The van der Waals surface area contributed by atoms with Gasteiger partial charge in [-0.2, -0.15) is 0 Å². The lowest BCUT2D eigenvalue weighted by Crippen LogP contribution is -2.12. The average molecular weight is 361 g/mol. The summed E-state index contributed by atoms with van der Waals surface area (Å²) in [6, 6.07) is 6.76. The fourth-order valence-electron chi connectivity index (χ4n) is 1.58. The molecule has 0 aliphatic rings. The lowest BCUT2D eigenvalue weighted by molar-refractivity contribution is 0.598. The molecule has 0 unspecified atom stereocenters. The Hall–Kier alpha value is -0.890. The predicted molar refractivity (Wildman–Crippen MR) is 81.9 cm³/mol. The molecule has 2 rings (SSSR count). The Labute approximate surface area is 124 Å². The lowest BCUT2D eigenvalue weighted by Gasteiger charge is -2.09. The van der Waals surface area contributed by atoms with Gasteiger partial charge in [-0.1, -0.05) is 0 Å². The maximum absolute atomic E-state index is 11.2. The second kappa shape index (κ2) is 5.62. The largest absolute Gasteiger partial charge is 0.379 e. The van der Waals surface area contributed by atoms with E-state index in [0.29, 0.717) is 11.0 Å². The Morgan fingerprint density at radius 1 is 1.37 bits per heavy atom. The van der Waals surface area contributed by atoms with Crippen LogP contribution in [0.25, 0.3) is 0 Å². The van der Waals surface area contributed by atoms with Gasteiger partial charge in [0.2, 0.25) is 10.0 Å². The van der Waals surface area contributed by atoms with Gasteiger partial charge in [0.15, 0.2) is 0 Å². The normalized spacial score (nSPS) is 11.5. The quantitative estimate of drug-likeness (QED) is 0.879. The van der Waals surface area contributed by atoms with Gasteiger partial charge in [0.25, 0.3) is 0 Å². The smallest absolute Gasteiger partial charge is 0.238 e. The number of hydrogen-bond donors (Lipinski definition) is 2. The van der Waals surface area contributed by atoms with E-state index in [1.54, 1.807) is 17.4 Å². The molecule has 1 aromatic heterocycles. The zero-order valence-corrected chi connectivity index (χ0v) is 13.4. The molecule has 0 atom stereocenters. The molecule has 1 heterocycles. The first-order valence-electron chi connectivity index (χ1n) is 5.47. The summed E-state index contributed by atoms with van der Waals surface area (Å²) in [5.41, 5.74) is 2.08. The molecule has 0 aliphatic heterocycles. The highest BCUT2D eigenvalue weighted by Gasteiger charge is 2.10. The van der Waals surface area contributed by atoms with Crippen molar-refractivity contribution in [1.29, 1.82) is 0 Å². The third-order valence-electron chi connectivity index (χ3n) is 2.68. The minimum Gasteiger partial charge on any atom is -0.379 e. The maximum atomic E-state index is 11.2. The number of aryl methyl sites for hydroxylation is 1. The number of thiophene rings is 1. The van der Waals surface area contributed by atoms with E-state index in [1.807, 2.05) is 5.38 Å². The summed E-state index contributed by atoms with van der Waals surface area (Å²) in [4.78, 5) is 1.35. The highest BCUT2D eigenvalue weighted by Crippen LogP contribution is 2.26. The minimum atomic E-state index is -3.66. The van der Waals surface area contributed by atoms with Crippen molar-refractivity contribution in [3.8, 4) is 0 Å². The molecule has 7 heteroatoms. The van der Waals surface area contributed by atoms with E-state index in [2.05, 4.69) is 34.2 Å². The molecule has 0 saturated carbocycles. The molecule has 4 nitrogen and oxygen atoms in total. The fourth-order valence-corrected chi connectivity index (χ4v) is 3.63. The van der Waals surface area contributed by atoms with Crippen LogP contribution in [0.1, 0.15) is 10.4 Å². The number of hydrogen-bond acceptors (Lipinski definition) is 4. The van der Waals surface area contributed by atoms with Gasteiger partial charge >= 0.3 is 0 Å². The zero-order chi connectivity index (χ0) is 14.0. The number of benzene rings is 1. The van der Waals surface area contributed by atoms with E-state index in [9.17, 15) is 8.42 Å². The summed E-state index contributed by atoms with van der Waals surface area (Å²) >= 11 is 5.03. The molecule has 0 spiro atoms. The third-order valence-corrected chi connectivity index (χ3v) is 5.27. The standard InChI is InChI=1S/C12H13BrN2O2S2/c1-8-4-5-18-12(8)7-15-11-3-2-9(6-10(11)13)19(14,16)17/h2-6,15H,7H2,1H3,(H2,14,16,17). The van der Waals surface area contributed by atoms with Crippen molar-refractivity contribution in [3.05, 3.63) is 44.6 Å². The minimum absolute atomic E-state index is 0.0947. The molecule has 0 saturated heterocycles. The monoisotopic (exact) mass is 360 g/mol. The van der Waals surface area contributed by atoms with E-state index in [1.165, 1.54) is 22.6 Å². The van der Waals surface area contributed by atoms with Crippen LogP contribution in [-0.4, -0.2) is 8.42 Å². The summed E-state index contributed by atoms with van der Waals surface area (Å²) in [6.45, 7) is 2.77. The lowest BCUT2D eigenvalue weighted by atomic mass is 10.2. The maximum Gasteiger partial charge on any atom is 0.238 e. The van der Waals surface area contributed by atoms with Crippen LogP contribution in [0.4, 0.5) is 5.69 Å². The van der Waals surface area contributed by atoms with E-state index < -0.39 is 10.0 Å². The second-order valence-electron chi connectivity index (χ2n) is 4.07. The van der Waals surface area contributed by atoms with Gasteiger partial charge in [-0.25, -0.2) is 13.6 Å². The number of halogens is 1. The van der Waals surface area contributed by atoms with Crippen LogP contribution in [0.15, 0.2) is 39.0 Å². The number of primary sulfonamides is 1. The first-order valence-corrected chi connectivity index (χ1v) is 8.69. The van der Waals surface area contributed by atoms with Gasteiger partial charge in [0, 0.05) is 21.6 Å². The van der Waals surface area contributed by atoms with Crippen LogP contribution in [-0.2, 0) is 16.6 Å². The van der Waals surface area contributed by atoms with Crippen molar-refractivity contribution in [1.82, 2.24) is 0 Å². The van der Waals surface area contributed by atoms with Crippen LogP contribution >= 0.6 is 27.3 Å². The van der Waals surface area contributed by atoms with Crippen LogP contribution in [0, 0.1) is 6.92 Å². The van der Waals surface area contributed by atoms with Crippen LogP contribution in [0.3, 0.4) is 0 Å². The fraction of sp³-hybridized carbons (Fsp3) is 0.167. The summed E-state index contributed by atoms with van der Waals surface area (Å²) in [5.74, 6) is 0. The van der Waals surface area contributed by atoms with E-state index in [4.69, 9.17) is 5.14 Å². The summed E-state index contributed by atoms with van der Waals surface area (Å²) in [6.07, 6.45) is 0. The van der Waals surface area contributed by atoms with E-state index in [-0.39, 0.29) is 4.90 Å². The van der Waals surface area contributed by atoms with Gasteiger partial charge in [-0.15, -0.1) is 11.3 Å². The molecule has 0 fully saturated rings. The van der Waals surface area contributed by atoms with Gasteiger partial charge < -0.3 is 5.32 Å². The van der Waals surface area contributed by atoms with Gasteiger partial charge in [-0.3, -0.25) is 0 Å². The van der Waals surface area contributed by atoms with Gasteiger partial charge in [0.1, 0.15) is 0 Å². The SMILES string of the molecule is Cc1ccsc1CNc1ccc(S(N)(=O)=O)cc1Br. The van der Waals surface area contributed by atoms with Crippen molar-refractivity contribution >= 4 is 43.0 Å². The highest BCUT2D eigenvalue weighted by molar-refractivity contribution is 9.10. The van der Waals surface area contributed by atoms with Gasteiger partial charge in [-0.05, 0) is 58.1 Å². The molecule has 0 amide bonds. The molecule has 102 valence electrons. The number of nitrogens with one attached hydrogen (secondary N) is 1. The predicted octanol–water partition coefficient (Wildman–Crippen LogP) is 3.08. The third kappa shape index (κ3) is 3.56. The number of rotatable bonds is 4. The molecule has 2 aromatic rings. The Balaban J connectivity index is 2.16. The zero-order valence-electron chi connectivity index (χ0n) is 10.2. The molecular weight excluding hydrogens is 348 g/mol. The number of anilines is 1. The van der Waals surface area contributed by atoms with Crippen LogP contribution in [0.5, 0.6) is 0 Å². The first kappa shape index (κ1) is 14.5. The molecule has 19 heavy (non-hydrogen) atoms. The Bertz CT molecular complexity index is 696. The Kier molecular flexibility index (Phi) is 4.29. The molecule has 1 aromatic carbocycles. The van der Waals surface area contributed by atoms with Gasteiger partial charge in [0.05, 0.1) is 4.90 Å². The molecule has 3 N–H and O–H groups in total. The van der Waals surface area contributed by atoms with E-state index in [0.717, 1.165) is 5.69 Å². The van der Waals surface area contributed by atoms with Crippen molar-refractivity contribution < 1.29 is 8.42 Å². The number of sulfonamides is 1. The first-order chi connectivity index (χ1) is 8.88. The summed E-state index contributed by atoms with van der Waals surface area (Å²) in [5, 5.41) is 10.4. The summed E-state index contributed by atoms with van der Waals surface area (Å²) < 4.78 is 23.1. The highest BCUT2D eigenvalue weighted by atomic mass is 79.9. The van der Waals surface area contributed by atoms with Crippen LogP contribution in [0.2, 0.25) is 0 Å². The van der Waals surface area contributed by atoms with Crippen LogP contribution < -0.4 is 10.5 Å². The second-order valence-corrected chi connectivity index (χ2v) is 7.48. The van der Waals surface area contributed by atoms with Crippen molar-refractivity contribution in [2.24, 2.45) is 5.14 Å².